The van der Waals surface area contributed by atoms with Gasteiger partial charge in [-0.1, -0.05) is 36.9 Å². The van der Waals surface area contributed by atoms with Gasteiger partial charge >= 0.3 is 5.97 Å². The van der Waals surface area contributed by atoms with E-state index >= 15 is 0 Å². The number of carbonyl (C=O) groups is 1. The van der Waals surface area contributed by atoms with Crippen LogP contribution in [0.25, 0.3) is 16.5 Å². The first-order chi connectivity index (χ1) is 10.8. The van der Waals surface area contributed by atoms with Gasteiger partial charge in [0.25, 0.3) is 0 Å². The van der Waals surface area contributed by atoms with Crippen LogP contribution in [0.4, 0.5) is 0 Å². The molecule has 0 saturated carbocycles. The number of hydrogen-bond donors (Lipinski definition) is 0. The van der Waals surface area contributed by atoms with Gasteiger partial charge in [-0.2, -0.15) is 11.3 Å². The lowest BCUT2D eigenvalue weighted by Crippen LogP contribution is -2.03. The summed E-state index contributed by atoms with van der Waals surface area (Å²) in [6, 6.07) is 11.7. The van der Waals surface area contributed by atoms with Crippen LogP contribution in [-0.4, -0.2) is 5.97 Å². The number of benzene rings is 1. The molecule has 0 unspecified atom stereocenters. The average Bonchev–Trinajstić information content (AvgIpc) is 3.23. The van der Waals surface area contributed by atoms with Crippen LogP contribution in [0.3, 0.4) is 0 Å². The Kier molecular flexibility index (Phi) is 4.51. The zero-order chi connectivity index (χ0) is 15.4. The number of carbonyl (C=O) groups excluding carboxylic acids is 1. The Bertz CT molecular complexity index is 768. The van der Waals surface area contributed by atoms with Crippen LogP contribution in [-0.2, 0) is 11.3 Å². The minimum absolute atomic E-state index is 0.278. The second-order valence-corrected chi connectivity index (χ2v) is 6.42. The van der Waals surface area contributed by atoms with E-state index in [-0.39, 0.29) is 12.6 Å². The van der Waals surface area contributed by atoms with E-state index < -0.39 is 0 Å². The van der Waals surface area contributed by atoms with Gasteiger partial charge in [-0.15, -0.1) is 11.3 Å². The standard InChI is InChI=1S/C18H14O2S2/c1-2-13-3-5-14(6-4-13)10-20-18(19)16-9-17(22-12-16)15-7-8-21-11-15/h2-9,11-12H,1,10H2. The third-order valence-corrected chi connectivity index (χ3v) is 4.89. The lowest BCUT2D eigenvalue weighted by molar-refractivity contribution is 0.0473. The van der Waals surface area contributed by atoms with Gasteiger partial charge in [0.05, 0.1) is 5.56 Å². The maximum atomic E-state index is 12.1. The molecule has 0 aliphatic rings. The summed E-state index contributed by atoms with van der Waals surface area (Å²) < 4.78 is 5.36. The predicted octanol–water partition coefficient (Wildman–Crippen LogP) is 5.48. The van der Waals surface area contributed by atoms with Crippen molar-refractivity contribution < 1.29 is 9.53 Å². The Morgan fingerprint density at radius 2 is 2.00 bits per heavy atom. The highest BCUT2D eigenvalue weighted by molar-refractivity contribution is 7.14. The van der Waals surface area contributed by atoms with Gasteiger partial charge in [0.1, 0.15) is 6.61 Å². The van der Waals surface area contributed by atoms with Crippen molar-refractivity contribution in [3.63, 3.8) is 0 Å². The molecule has 1 aromatic carbocycles. The fourth-order valence-corrected chi connectivity index (χ4v) is 3.59. The molecule has 0 N–H and O–H groups in total. The second-order valence-electron chi connectivity index (χ2n) is 4.73. The van der Waals surface area contributed by atoms with Gasteiger partial charge in [-0.3, -0.25) is 0 Å². The molecule has 0 fully saturated rings. The average molecular weight is 326 g/mol. The van der Waals surface area contributed by atoms with E-state index in [9.17, 15) is 4.79 Å². The van der Waals surface area contributed by atoms with E-state index in [1.165, 1.54) is 0 Å². The fourth-order valence-electron chi connectivity index (χ4n) is 1.98. The number of hydrogen-bond acceptors (Lipinski definition) is 4. The van der Waals surface area contributed by atoms with E-state index in [2.05, 4.69) is 12.0 Å². The van der Waals surface area contributed by atoms with Gasteiger partial charge in [0.15, 0.2) is 0 Å². The molecule has 0 bridgehead atoms. The zero-order valence-electron chi connectivity index (χ0n) is 11.8. The van der Waals surface area contributed by atoms with E-state index in [0.29, 0.717) is 5.56 Å². The summed E-state index contributed by atoms with van der Waals surface area (Å²) in [5, 5.41) is 5.94. The molecule has 2 nitrogen and oxygen atoms in total. The summed E-state index contributed by atoms with van der Waals surface area (Å²) in [6.07, 6.45) is 1.78. The second kappa shape index (κ2) is 6.73. The van der Waals surface area contributed by atoms with E-state index in [1.807, 2.05) is 47.2 Å². The molecule has 110 valence electrons. The van der Waals surface area contributed by atoms with E-state index in [4.69, 9.17) is 4.74 Å². The van der Waals surface area contributed by atoms with Crippen LogP contribution in [0, 0.1) is 0 Å². The van der Waals surface area contributed by atoms with Crippen molar-refractivity contribution in [2.45, 2.75) is 6.61 Å². The van der Waals surface area contributed by atoms with Crippen molar-refractivity contribution in [1.29, 1.82) is 0 Å². The Hall–Kier alpha value is -2.17. The van der Waals surface area contributed by atoms with Crippen molar-refractivity contribution in [2.24, 2.45) is 0 Å². The molecular weight excluding hydrogens is 312 g/mol. The molecule has 0 amide bonds. The predicted molar refractivity (Wildman–Crippen MR) is 93.3 cm³/mol. The summed E-state index contributed by atoms with van der Waals surface area (Å²) >= 11 is 3.20. The third kappa shape index (κ3) is 3.35. The first kappa shape index (κ1) is 14.8. The summed E-state index contributed by atoms with van der Waals surface area (Å²) in [7, 11) is 0. The van der Waals surface area contributed by atoms with E-state index in [0.717, 1.165) is 21.6 Å². The van der Waals surface area contributed by atoms with Crippen LogP contribution >= 0.6 is 22.7 Å². The minimum atomic E-state index is -0.287. The van der Waals surface area contributed by atoms with Crippen molar-refractivity contribution in [2.75, 3.05) is 0 Å². The molecular formula is C18H14O2S2. The molecule has 3 aromatic rings. The van der Waals surface area contributed by atoms with Crippen LogP contribution < -0.4 is 0 Å². The highest BCUT2D eigenvalue weighted by Crippen LogP contribution is 2.29. The molecule has 0 spiro atoms. The number of thiophene rings is 2. The Morgan fingerprint density at radius 1 is 1.18 bits per heavy atom. The fraction of sp³-hybridized carbons (Fsp3) is 0.0556. The Morgan fingerprint density at radius 3 is 2.68 bits per heavy atom. The summed E-state index contributed by atoms with van der Waals surface area (Å²) in [5.41, 5.74) is 3.77. The quantitative estimate of drug-likeness (QED) is 0.581. The normalized spacial score (nSPS) is 10.4. The van der Waals surface area contributed by atoms with Crippen molar-refractivity contribution in [1.82, 2.24) is 0 Å². The zero-order valence-corrected chi connectivity index (χ0v) is 13.5. The van der Waals surface area contributed by atoms with Crippen molar-refractivity contribution >= 4 is 34.7 Å². The summed E-state index contributed by atoms with van der Waals surface area (Å²) in [6.45, 7) is 3.99. The van der Waals surface area contributed by atoms with Crippen LogP contribution in [0.2, 0.25) is 0 Å². The largest absolute Gasteiger partial charge is 0.457 e. The van der Waals surface area contributed by atoms with Gasteiger partial charge in [-0.25, -0.2) is 4.79 Å². The van der Waals surface area contributed by atoms with Gasteiger partial charge < -0.3 is 4.74 Å². The SMILES string of the molecule is C=Cc1ccc(COC(=O)c2csc(-c3ccsc3)c2)cc1. The molecule has 0 aliphatic heterocycles. The Balaban J connectivity index is 1.63. The molecule has 22 heavy (non-hydrogen) atoms. The van der Waals surface area contributed by atoms with Gasteiger partial charge in [0.2, 0.25) is 0 Å². The molecule has 0 atom stereocenters. The van der Waals surface area contributed by atoms with Crippen molar-refractivity contribution in [3.05, 3.63) is 75.8 Å². The topological polar surface area (TPSA) is 26.3 Å². The van der Waals surface area contributed by atoms with Crippen molar-refractivity contribution in [3.8, 4) is 10.4 Å². The maximum absolute atomic E-state index is 12.1. The molecule has 2 heterocycles. The van der Waals surface area contributed by atoms with Gasteiger partial charge in [0, 0.05) is 15.8 Å². The summed E-state index contributed by atoms with van der Waals surface area (Å²) in [5.74, 6) is -0.287. The van der Waals surface area contributed by atoms with Crippen LogP contribution in [0.15, 0.2) is 59.1 Å². The first-order valence-corrected chi connectivity index (χ1v) is 8.58. The lowest BCUT2D eigenvalue weighted by atomic mass is 10.1. The third-order valence-electron chi connectivity index (χ3n) is 3.23. The highest BCUT2D eigenvalue weighted by atomic mass is 32.1. The molecule has 2 aromatic heterocycles. The lowest BCUT2D eigenvalue weighted by Gasteiger charge is -2.04. The Labute approximate surface area is 137 Å². The summed E-state index contributed by atoms with van der Waals surface area (Å²) in [4.78, 5) is 13.2. The highest BCUT2D eigenvalue weighted by Gasteiger charge is 2.11. The molecule has 3 rings (SSSR count). The number of rotatable bonds is 5. The molecule has 0 saturated heterocycles. The maximum Gasteiger partial charge on any atom is 0.339 e. The van der Waals surface area contributed by atoms with Gasteiger partial charge in [-0.05, 0) is 34.0 Å². The minimum Gasteiger partial charge on any atom is -0.457 e. The monoisotopic (exact) mass is 326 g/mol. The first-order valence-electron chi connectivity index (χ1n) is 6.76. The van der Waals surface area contributed by atoms with E-state index in [1.54, 1.807) is 28.7 Å². The van der Waals surface area contributed by atoms with Crippen LogP contribution in [0.5, 0.6) is 0 Å². The molecule has 4 heteroatoms. The smallest absolute Gasteiger partial charge is 0.339 e. The molecule has 0 aliphatic carbocycles. The van der Waals surface area contributed by atoms with Crippen LogP contribution in [0.1, 0.15) is 21.5 Å². The molecule has 0 radical (unpaired) electrons. The number of ether oxygens (including phenoxy) is 1. The number of esters is 1.